The molecule has 1 aromatic heterocycles. The van der Waals surface area contributed by atoms with Crippen LogP contribution in [0.15, 0.2) is 24.3 Å². The zero-order valence-electron chi connectivity index (χ0n) is 17.5. The summed E-state index contributed by atoms with van der Waals surface area (Å²) in [6, 6.07) is 7.83. The highest BCUT2D eigenvalue weighted by Crippen LogP contribution is 2.29. The number of fused-ring (bicyclic) bond motifs is 1. The molecule has 0 spiro atoms. The number of nitrogens with one attached hydrogen (secondary N) is 1. The van der Waals surface area contributed by atoms with Crippen LogP contribution in [0.1, 0.15) is 56.3 Å². The molecule has 1 aromatic carbocycles. The van der Waals surface area contributed by atoms with E-state index in [1.54, 1.807) is 0 Å². The van der Waals surface area contributed by atoms with Gasteiger partial charge >= 0.3 is 0 Å². The number of rotatable bonds is 4. The summed E-state index contributed by atoms with van der Waals surface area (Å²) in [5, 5.41) is 11.5. The smallest absolute Gasteiger partial charge is 0.139 e. The Morgan fingerprint density at radius 2 is 1.86 bits per heavy atom. The summed E-state index contributed by atoms with van der Waals surface area (Å²) < 4.78 is 0. The van der Waals surface area contributed by atoms with Crippen LogP contribution in [0, 0.1) is 5.92 Å². The lowest BCUT2D eigenvalue weighted by Crippen LogP contribution is -2.39. The van der Waals surface area contributed by atoms with Gasteiger partial charge in [-0.2, -0.15) is 0 Å². The monoisotopic (exact) mass is 418 g/mol. The molecular weight excluding hydrogens is 384 g/mol. The number of β-amino-alcohol motifs (C(OH)–C–C–N with tert-alkyl or cyclic N) is 1. The standard InChI is InChI=1S/C22H30ClN3O.CH5N/c23-18-11-7-6-10-17(18)22-24-19-12-13-26(14-20(19)25-22)15-21(27)16-8-4-2-1-3-5-9-16;1-2/h6-7,10-11,16,21,27H,1-5,8-9,12-15H2,(H,24,25);2H2,1H3. The number of nitrogens with zero attached hydrogens (tertiary/aromatic N) is 2. The number of aliphatic hydroxyl groups is 1. The van der Waals surface area contributed by atoms with E-state index in [9.17, 15) is 5.11 Å². The van der Waals surface area contributed by atoms with Crippen molar-refractivity contribution >= 4 is 11.6 Å². The molecule has 2 aliphatic rings. The molecule has 5 nitrogen and oxygen atoms in total. The Hall–Kier alpha value is -1.40. The van der Waals surface area contributed by atoms with Crippen molar-refractivity contribution in [2.24, 2.45) is 11.7 Å². The summed E-state index contributed by atoms with van der Waals surface area (Å²) in [4.78, 5) is 10.6. The highest BCUT2D eigenvalue weighted by molar-refractivity contribution is 6.33. The minimum atomic E-state index is -0.212. The molecule has 2 heterocycles. The molecule has 0 saturated heterocycles. The number of hydrogen-bond donors (Lipinski definition) is 3. The fraction of sp³-hybridized carbons (Fsp3) is 0.609. The number of aromatic amines is 1. The lowest BCUT2D eigenvalue weighted by atomic mass is 9.87. The Bertz CT molecular complexity index is 755. The summed E-state index contributed by atoms with van der Waals surface area (Å²) in [5.74, 6) is 1.32. The third-order valence-corrected chi connectivity index (χ3v) is 6.51. The molecule has 0 radical (unpaired) electrons. The molecule has 29 heavy (non-hydrogen) atoms. The van der Waals surface area contributed by atoms with Gasteiger partial charge in [-0.3, -0.25) is 4.90 Å². The van der Waals surface area contributed by atoms with E-state index in [4.69, 9.17) is 16.6 Å². The SMILES string of the molecule is CN.OC(CN1CCc2nc(-c3ccccc3Cl)[nH]c2C1)C1CCCCCCC1. The van der Waals surface area contributed by atoms with Crippen LogP contribution in [0.2, 0.25) is 5.02 Å². The fourth-order valence-electron chi connectivity index (χ4n) is 4.57. The van der Waals surface area contributed by atoms with Crippen molar-refractivity contribution in [3.8, 4) is 11.4 Å². The summed E-state index contributed by atoms with van der Waals surface area (Å²) in [5.41, 5.74) is 7.76. The Labute approximate surface area is 179 Å². The third-order valence-electron chi connectivity index (χ3n) is 6.18. The molecule has 2 aromatic rings. The summed E-state index contributed by atoms with van der Waals surface area (Å²) in [7, 11) is 1.50. The van der Waals surface area contributed by atoms with E-state index in [-0.39, 0.29) is 6.10 Å². The molecule has 1 aliphatic carbocycles. The van der Waals surface area contributed by atoms with Crippen molar-refractivity contribution < 1.29 is 5.11 Å². The van der Waals surface area contributed by atoms with Crippen molar-refractivity contribution in [3.63, 3.8) is 0 Å². The second-order valence-electron chi connectivity index (χ2n) is 8.15. The lowest BCUT2D eigenvalue weighted by molar-refractivity contribution is 0.0473. The Morgan fingerprint density at radius 3 is 2.59 bits per heavy atom. The van der Waals surface area contributed by atoms with Gasteiger partial charge in [0.05, 0.1) is 22.5 Å². The number of halogens is 1. The van der Waals surface area contributed by atoms with Gasteiger partial charge in [0.15, 0.2) is 0 Å². The average molecular weight is 419 g/mol. The maximum atomic E-state index is 10.8. The highest BCUT2D eigenvalue weighted by Gasteiger charge is 2.26. The molecule has 1 fully saturated rings. The predicted molar refractivity (Wildman–Crippen MR) is 120 cm³/mol. The van der Waals surface area contributed by atoms with E-state index >= 15 is 0 Å². The number of aromatic nitrogens is 2. The minimum Gasteiger partial charge on any atom is -0.392 e. The fourth-order valence-corrected chi connectivity index (χ4v) is 4.80. The third kappa shape index (κ3) is 5.82. The molecule has 1 aliphatic heterocycles. The molecule has 160 valence electrons. The van der Waals surface area contributed by atoms with E-state index in [1.165, 1.54) is 57.7 Å². The molecule has 4 rings (SSSR count). The van der Waals surface area contributed by atoms with Gasteiger partial charge in [-0.1, -0.05) is 55.8 Å². The van der Waals surface area contributed by atoms with Crippen molar-refractivity contribution in [2.75, 3.05) is 20.1 Å². The van der Waals surface area contributed by atoms with Crippen LogP contribution >= 0.6 is 11.6 Å². The van der Waals surface area contributed by atoms with Crippen molar-refractivity contribution in [3.05, 3.63) is 40.7 Å². The number of aliphatic hydroxyl groups excluding tert-OH is 1. The maximum Gasteiger partial charge on any atom is 0.139 e. The van der Waals surface area contributed by atoms with Crippen molar-refractivity contribution in [1.29, 1.82) is 0 Å². The number of H-pyrrole nitrogens is 1. The Balaban J connectivity index is 0.00000117. The van der Waals surface area contributed by atoms with E-state index in [0.717, 1.165) is 48.2 Å². The van der Waals surface area contributed by atoms with Gasteiger partial charge in [0.2, 0.25) is 0 Å². The first-order valence-electron chi connectivity index (χ1n) is 11.0. The van der Waals surface area contributed by atoms with Crippen LogP contribution in [-0.2, 0) is 13.0 Å². The highest BCUT2D eigenvalue weighted by atomic mass is 35.5. The van der Waals surface area contributed by atoms with E-state index < -0.39 is 0 Å². The van der Waals surface area contributed by atoms with Gasteiger partial charge in [0.1, 0.15) is 5.82 Å². The molecular formula is C23H35ClN4O. The number of imidazole rings is 1. The average Bonchev–Trinajstić information content (AvgIpc) is 3.12. The largest absolute Gasteiger partial charge is 0.392 e. The Morgan fingerprint density at radius 1 is 1.17 bits per heavy atom. The molecule has 0 bridgehead atoms. The maximum absolute atomic E-state index is 10.8. The van der Waals surface area contributed by atoms with Gasteiger partial charge in [-0.25, -0.2) is 4.98 Å². The number of hydrogen-bond acceptors (Lipinski definition) is 4. The van der Waals surface area contributed by atoms with E-state index in [2.05, 4.69) is 15.6 Å². The number of benzene rings is 1. The zero-order valence-corrected chi connectivity index (χ0v) is 18.3. The lowest BCUT2D eigenvalue weighted by Gasteiger charge is -2.32. The first-order valence-corrected chi connectivity index (χ1v) is 11.4. The summed E-state index contributed by atoms with van der Waals surface area (Å²) >= 11 is 6.33. The second kappa shape index (κ2) is 11.1. The number of nitrogens with two attached hydrogens (primary N) is 1. The van der Waals surface area contributed by atoms with Crippen LogP contribution in [0.4, 0.5) is 0 Å². The molecule has 4 N–H and O–H groups in total. The van der Waals surface area contributed by atoms with Crippen LogP contribution in [0.5, 0.6) is 0 Å². The van der Waals surface area contributed by atoms with E-state index in [0.29, 0.717) is 5.92 Å². The second-order valence-corrected chi connectivity index (χ2v) is 8.56. The quantitative estimate of drug-likeness (QED) is 0.688. The summed E-state index contributed by atoms with van der Waals surface area (Å²) in [6.07, 6.45) is 9.64. The Kier molecular flexibility index (Phi) is 8.54. The molecule has 0 amide bonds. The molecule has 1 atom stereocenters. The van der Waals surface area contributed by atoms with E-state index in [1.807, 2.05) is 24.3 Å². The van der Waals surface area contributed by atoms with Crippen LogP contribution in [0.3, 0.4) is 0 Å². The van der Waals surface area contributed by atoms with Gasteiger partial charge in [0, 0.05) is 31.6 Å². The first-order chi connectivity index (χ1) is 14.2. The van der Waals surface area contributed by atoms with Crippen molar-refractivity contribution in [2.45, 2.75) is 64.0 Å². The van der Waals surface area contributed by atoms with Gasteiger partial charge < -0.3 is 15.8 Å². The van der Waals surface area contributed by atoms with Gasteiger partial charge in [-0.15, -0.1) is 0 Å². The topological polar surface area (TPSA) is 78.2 Å². The summed E-state index contributed by atoms with van der Waals surface area (Å²) in [6.45, 7) is 2.56. The van der Waals surface area contributed by atoms with Crippen molar-refractivity contribution in [1.82, 2.24) is 14.9 Å². The molecule has 1 saturated carbocycles. The van der Waals surface area contributed by atoms with Crippen LogP contribution in [0.25, 0.3) is 11.4 Å². The normalized spacial score (nSPS) is 19.4. The molecule has 6 heteroatoms. The zero-order chi connectivity index (χ0) is 20.6. The van der Waals surface area contributed by atoms with Gasteiger partial charge in [0.25, 0.3) is 0 Å². The first kappa shape index (κ1) is 22.3. The molecule has 1 unspecified atom stereocenters. The predicted octanol–water partition coefficient (Wildman–Crippen LogP) is 4.38. The minimum absolute atomic E-state index is 0.212. The van der Waals surface area contributed by atoms with Crippen LogP contribution in [-0.4, -0.2) is 46.2 Å². The van der Waals surface area contributed by atoms with Crippen LogP contribution < -0.4 is 5.73 Å². The van der Waals surface area contributed by atoms with Gasteiger partial charge in [-0.05, 0) is 37.9 Å².